The van der Waals surface area contributed by atoms with E-state index in [1.165, 1.54) is 0 Å². The molecule has 0 saturated carbocycles. The fourth-order valence-electron chi connectivity index (χ4n) is 2.29. The molecular weight excluding hydrogens is 147 g/mol. The van der Waals surface area contributed by atoms with Crippen molar-refractivity contribution in [3.05, 3.63) is 0 Å². The molecule has 0 aromatic heterocycles. The van der Waals surface area contributed by atoms with E-state index in [0.29, 0.717) is 0 Å². The van der Waals surface area contributed by atoms with E-state index >= 15 is 0 Å². The average Bonchev–Trinajstić information content (AvgIpc) is 1.80. The summed E-state index contributed by atoms with van der Waals surface area (Å²) < 4.78 is 0. The van der Waals surface area contributed by atoms with Crippen molar-refractivity contribution < 1.29 is 0 Å². The zero-order chi connectivity index (χ0) is 10.4. The summed E-state index contributed by atoms with van der Waals surface area (Å²) in [7, 11) is 0. The summed E-state index contributed by atoms with van der Waals surface area (Å²) in [6.07, 6.45) is 0. The van der Waals surface area contributed by atoms with Gasteiger partial charge in [0.2, 0.25) is 0 Å². The average molecular weight is 174 g/mol. The standard InChI is InChI=1S/3C4H9.Al/c3*1-4(2)3;/h3*4H,1H2,2-3H3;/i;;;1-24. The van der Waals surface area contributed by atoms with Gasteiger partial charge in [0, 0.05) is 0 Å². The van der Waals surface area contributed by atoms with Crippen molar-refractivity contribution in [2.75, 3.05) is 0 Å². The first kappa shape index (κ1) is 13.5. The van der Waals surface area contributed by atoms with Gasteiger partial charge in [-0.05, 0) is 0 Å². The zero-order valence-corrected chi connectivity index (χ0v) is 11.6. The summed E-state index contributed by atoms with van der Waals surface area (Å²) in [5.74, 6) is 2.78. The summed E-state index contributed by atoms with van der Waals surface area (Å²) in [6, 6.07) is 0. The smallest absolute Gasteiger partial charge is 0.0915 e. The van der Waals surface area contributed by atoms with Crippen molar-refractivity contribution in [2.45, 2.75) is 57.4 Å². The van der Waals surface area contributed by atoms with Gasteiger partial charge in [0.1, 0.15) is 0 Å². The molecule has 0 N–H and O–H groups in total. The SMILES string of the molecule is CC(C)[CH2][3Al]([CH2]C(C)C)[CH2]C(C)C. The van der Waals surface area contributed by atoms with Crippen molar-refractivity contribution in [3.8, 4) is 0 Å². The molecule has 1 heteroatoms. The maximum atomic E-state index is 2.38. The number of hydrogen-bond acceptors (Lipinski definition) is 0. The molecule has 0 unspecified atom stereocenters. The molecule has 0 aromatic carbocycles. The van der Waals surface area contributed by atoms with Crippen LogP contribution in [0.2, 0.25) is 15.8 Å². The molecule has 0 radical (unpaired) electrons. The Morgan fingerprint density at radius 1 is 0.615 bits per heavy atom. The van der Waals surface area contributed by atoms with Crippen LogP contribution in [-0.4, -0.2) is 14.1 Å². The normalized spacial score (nSPS) is 11.8. The lowest BCUT2D eigenvalue weighted by atomic mass is 2.67. The molecule has 0 saturated heterocycles. The summed E-state index contributed by atoms with van der Waals surface area (Å²) >= 11 is -0.407. The monoisotopic (exact) mass is 174 g/mol. The highest BCUT2D eigenvalue weighted by Gasteiger charge is 2.20. The molecular formula is C12H27Al. The topological polar surface area (TPSA) is 0 Å². The van der Waals surface area contributed by atoms with Crippen LogP contribution < -0.4 is 0 Å². The number of rotatable bonds is 6. The van der Waals surface area contributed by atoms with Crippen LogP contribution in [-0.2, 0) is 0 Å². The number of hydrogen-bond donors (Lipinski definition) is 0. The van der Waals surface area contributed by atoms with Crippen molar-refractivity contribution in [3.63, 3.8) is 0 Å². The Kier molecular flexibility index (Phi) is 7.19. The van der Waals surface area contributed by atoms with Crippen LogP contribution in [0.15, 0.2) is 0 Å². The zero-order valence-electron chi connectivity index (χ0n) is 10.4. The van der Waals surface area contributed by atoms with Crippen molar-refractivity contribution >= 4 is 14.1 Å². The van der Waals surface area contributed by atoms with Crippen LogP contribution in [0.3, 0.4) is 0 Å². The highest BCUT2D eigenvalue weighted by molar-refractivity contribution is 6.58. The second-order valence-electron chi connectivity index (χ2n) is 5.75. The van der Waals surface area contributed by atoms with E-state index in [1.54, 1.807) is 15.8 Å². The molecule has 78 valence electrons. The second kappa shape index (κ2) is 6.91. The first-order valence-corrected chi connectivity index (χ1v) is 8.36. The Hall–Kier alpha value is 0.532. The van der Waals surface area contributed by atoms with E-state index in [0.717, 1.165) is 17.8 Å². The molecule has 0 atom stereocenters. The first-order chi connectivity index (χ1) is 5.91. The van der Waals surface area contributed by atoms with Gasteiger partial charge in [0.15, 0.2) is 0 Å². The van der Waals surface area contributed by atoms with Crippen LogP contribution in [0.1, 0.15) is 41.5 Å². The fraction of sp³-hybridized carbons (Fsp3) is 1.00. The lowest BCUT2D eigenvalue weighted by Crippen LogP contribution is -2.19. The lowest BCUT2D eigenvalue weighted by Gasteiger charge is -2.17. The Morgan fingerprint density at radius 2 is 0.846 bits per heavy atom. The maximum absolute atomic E-state index is 2.38. The van der Waals surface area contributed by atoms with Gasteiger partial charge in [-0.1, -0.05) is 75.1 Å². The Labute approximate surface area is 89.5 Å². The third-order valence-corrected chi connectivity index (χ3v) is 7.24. The summed E-state index contributed by atoms with van der Waals surface area (Å²) in [5, 5.41) is 4.66. The van der Waals surface area contributed by atoms with Gasteiger partial charge in [0.25, 0.3) is 14.1 Å². The molecule has 0 bridgehead atoms. The van der Waals surface area contributed by atoms with E-state index in [9.17, 15) is 0 Å². The fourth-order valence-corrected chi connectivity index (χ4v) is 6.87. The Balaban J connectivity index is 3.87. The first-order valence-electron chi connectivity index (χ1n) is 5.91. The maximum Gasteiger partial charge on any atom is 0.262 e. The van der Waals surface area contributed by atoms with Gasteiger partial charge >= 0.3 is 0 Å². The van der Waals surface area contributed by atoms with Crippen LogP contribution in [0, 0.1) is 17.8 Å². The molecule has 0 spiro atoms. The Morgan fingerprint density at radius 3 is 1.00 bits per heavy atom. The van der Waals surface area contributed by atoms with Crippen LogP contribution >= 0.6 is 0 Å². The molecule has 0 aliphatic carbocycles. The molecule has 0 aromatic rings. The van der Waals surface area contributed by atoms with Crippen LogP contribution in [0.5, 0.6) is 0 Å². The molecule has 0 aliphatic rings. The summed E-state index contributed by atoms with van der Waals surface area (Å²) in [4.78, 5) is 0. The minimum atomic E-state index is -0.407. The van der Waals surface area contributed by atoms with Gasteiger partial charge in [0.05, 0.1) is 0 Å². The summed E-state index contributed by atoms with van der Waals surface area (Å²) in [5.41, 5.74) is 0. The molecule has 0 fully saturated rings. The van der Waals surface area contributed by atoms with E-state index in [4.69, 9.17) is 0 Å². The predicted molar refractivity (Wildman–Crippen MR) is 64.7 cm³/mol. The van der Waals surface area contributed by atoms with Gasteiger partial charge in [-0.15, -0.1) is 0 Å². The largest absolute Gasteiger partial charge is 0.262 e. The van der Waals surface area contributed by atoms with Crippen molar-refractivity contribution in [1.29, 1.82) is 0 Å². The van der Waals surface area contributed by atoms with Crippen LogP contribution in [0.25, 0.3) is 0 Å². The highest BCUT2D eigenvalue weighted by atomic mass is 13.8. The van der Waals surface area contributed by atoms with E-state index in [2.05, 4.69) is 41.5 Å². The Bertz CT molecular complexity index is 92.5. The van der Waals surface area contributed by atoms with E-state index < -0.39 is 14.1 Å². The quantitative estimate of drug-likeness (QED) is 0.522. The summed E-state index contributed by atoms with van der Waals surface area (Å²) in [6.45, 7) is 14.3. The van der Waals surface area contributed by atoms with Gasteiger partial charge in [-0.2, -0.15) is 0 Å². The van der Waals surface area contributed by atoms with E-state index in [-0.39, 0.29) is 0 Å². The third kappa shape index (κ3) is 8.85. The minimum Gasteiger partial charge on any atom is -0.0915 e. The van der Waals surface area contributed by atoms with Crippen LogP contribution in [0.4, 0.5) is 0 Å². The molecule has 13 heavy (non-hydrogen) atoms. The third-order valence-electron chi connectivity index (χ3n) is 2.41. The molecule has 0 heterocycles. The van der Waals surface area contributed by atoms with Crippen molar-refractivity contribution in [2.24, 2.45) is 17.8 Å². The van der Waals surface area contributed by atoms with Gasteiger partial charge in [-0.3, -0.25) is 0 Å². The van der Waals surface area contributed by atoms with Gasteiger partial charge < -0.3 is 0 Å². The van der Waals surface area contributed by atoms with Crippen molar-refractivity contribution in [1.82, 2.24) is 0 Å². The molecule has 0 nitrogen and oxygen atoms in total. The van der Waals surface area contributed by atoms with Gasteiger partial charge in [-0.25, -0.2) is 0 Å². The molecule has 0 amide bonds. The molecule has 0 rings (SSSR count). The predicted octanol–water partition coefficient (Wildman–Crippen LogP) is 4.45. The highest BCUT2D eigenvalue weighted by Crippen LogP contribution is 2.20. The lowest BCUT2D eigenvalue weighted by molar-refractivity contribution is 0.659. The molecule has 0 aliphatic heterocycles. The minimum absolute atomic E-state index is 0.407. The second-order valence-corrected chi connectivity index (χ2v) is 8.90. The van der Waals surface area contributed by atoms with E-state index in [1.807, 2.05) is 0 Å².